The van der Waals surface area contributed by atoms with Gasteiger partial charge in [-0.3, -0.25) is 9.10 Å². The van der Waals surface area contributed by atoms with E-state index in [1.165, 1.54) is 4.31 Å². The molecule has 29 heavy (non-hydrogen) atoms. The van der Waals surface area contributed by atoms with Gasteiger partial charge in [0, 0.05) is 45.1 Å². The zero-order chi connectivity index (χ0) is 20.4. The number of sulfonamides is 1. The second-order valence-electron chi connectivity index (χ2n) is 7.09. The second-order valence-corrected chi connectivity index (χ2v) is 9.51. The molecule has 0 N–H and O–H groups in total. The molecule has 2 aliphatic rings. The molecule has 0 radical (unpaired) electrons. The molecule has 0 aliphatic carbocycles. The minimum Gasteiger partial charge on any atom is -0.337 e. The number of carbonyl (C=O) groups excluding carboxylic acids is 1. The Morgan fingerprint density at radius 1 is 1.00 bits per heavy atom. The van der Waals surface area contributed by atoms with Crippen LogP contribution in [0.4, 0.5) is 11.6 Å². The van der Waals surface area contributed by atoms with E-state index in [9.17, 15) is 13.2 Å². The van der Waals surface area contributed by atoms with Crippen LogP contribution in [0.2, 0.25) is 5.02 Å². The summed E-state index contributed by atoms with van der Waals surface area (Å²) in [4.78, 5) is 25.2. The van der Waals surface area contributed by atoms with E-state index in [1.807, 2.05) is 4.90 Å². The van der Waals surface area contributed by atoms with Gasteiger partial charge in [-0.25, -0.2) is 18.4 Å². The number of amides is 1. The third kappa shape index (κ3) is 4.16. The molecule has 1 aromatic carbocycles. The Bertz CT molecular complexity index is 994. The molecule has 10 heteroatoms. The zero-order valence-electron chi connectivity index (χ0n) is 15.9. The van der Waals surface area contributed by atoms with Crippen molar-refractivity contribution < 1.29 is 13.2 Å². The Labute approximate surface area is 175 Å². The molecule has 1 aromatic heterocycles. The number of nitrogens with zero attached hydrogens (tertiary/aromatic N) is 5. The summed E-state index contributed by atoms with van der Waals surface area (Å²) < 4.78 is 26.0. The van der Waals surface area contributed by atoms with Crippen LogP contribution < -0.4 is 9.21 Å². The van der Waals surface area contributed by atoms with E-state index in [2.05, 4.69) is 9.97 Å². The van der Waals surface area contributed by atoms with Crippen molar-refractivity contribution in [3.05, 3.63) is 47.2 Å². The molecule has 2 fully saturated rings. The third-order valence-electron chi connectivity index (χ3n) is 5.22. The number of hydrogen-bond donors (Lipinski definition) is 0. The molecule has 8 nitrogen and oxygen atoms in total. The summed E-state index contributed by atoms with van der Waals surface area (Å²) in [6.07, 6.45) is 4.88. The highest BCUT2D eigenvalue weighted by Gasteiger charge is 2.28. The minimum absolute atomic E-state index is 0.140. The molecule has 0 atom stereocenters. The molecule has 2 aromatic rings. The third-order valence-corrected chi connectivity index (χ3v) is 7.40. The van der Waals surface area contributed by atoms with Crippen molar-refractivity contribution >= 4 is 39.2 Å². The van der Waals surface area contributed by atoms with Gasteiger partial charge >= 0.3 is 0 Å². The lowest BCUT2D eigenvalue weighted by Crippen LogP contribution is -2.49. The van der Waals surface area contributed by atoms with Gasteiger partial charge in [-0.2, -0.15) is 0 Å². The lowest BCUT2D eigenvalue weighted by Gasteiger charge is -2.35. The number of carbonyl (C=O) groups is 1. The van der Waals surface area contributed by atoms with E-state index in [-0.39, 0.29) is 16.7 Å². The number of benzene rings is 1. The SMILES string of the molecule is O=C(c1ccc(N2CCCCS2(=O)=O)cc1Cl)N1CCN(c2ncccn2)CC1. The van der Waals surface area contributed by atoms with Gasteiger partial charge in [0.1, 0.15) is 0 Å². The van der Waals surface area contributed by atoms with Gasteiger partial charge in [-0.05, 0) is 37.1 Å². The zero-order valence-corrected chi connectivity index (χ0v) is 17.4. The lowest BCUT2D eigenvalue weighted by molar-refractivity contribution is 0.0746. The number of anilines is 2. The second kappa shape index (κ2) is 8.16. The van der Waals surface area contributed by atoms with Crippen LogP contribution in [0.3, 0.4) is 0 Å². The monoisotopic (exact) mass is 435 g/mol. The first-order valence-corrected chi connectivity index (χ1v) is 11.6. The Morgan fingerprint density at radius 2 is 1.72 bits per heavy atom. The molecule has 0 unspecified atom stereocenters. The van der Waals surface area contributed by atoms with Crippen LogP contribution in [0, 0.1) is 0 Å². The van der Waals surface area contributed by atoms with Gasteiger partial charge in [0.05, 0.1) is 22.0 Å². The van der Waals surface area contributed by atoms with E-state index in [4.69, 9.17) is 11.6 Å². The predicted molar refractivity (Wildman–Crippen MR) is 112 cm³/mol. The molecular formula is C19H22ClN5O3S. The highest BCUT2D eigenvalue weighted by molar-refractivity contribution is 7.92. The number of aromatic nitrogens is 2. The van der Waals surface area contributed by atoms with Crippen molar-refractivity contribution in [1.29, 1.82) is 0 Å². The van der Waals surface area contributed by atoms with Gasteiger partial charge in [0.2, 0.25) is 16.0 Å². The highest BCUT2D eigenvalue weighted by atomic mass is 35.5. The van der Waals surface area contributed by atoms with Crippen LogP contribution in [0.5, 0.6) is 0 Å². The molecule has 4 rings (SSSR count). The van der Waals surface area contributed by atoms with Crippen molar-refractivity contribution in [3.8, 4) is 0 Å². The molecular weight excluding hydrogens is 414 g/mol. The van der Waals surface area contributed by atoms with E-state index < -0.39 is 10.0 Å². The van der Waals surface area contributed by atoms with Gasteiger partial charge in [0.15, 0.2) is 0 Å². The predicted octanol–water partition coefficient (Wildman–Crippen LogP) is 2.02. The standard InChI is InChI=1S/C19H22ClN5O3S/c20-17-14-15(25-8-1-2-13-29(25,27)28)4-5-16(17)18(26)23-9-11-24(12-10-23)19-21-6-3-7-22-19/h3-7,14H,1-2,8-13H2. The fourth-order valence-electron chi connectivity index (χ4n) is 3.65. The smallest absolute Gasteiger partial charge is 0.255 e. The Kier molecular flexibility index (Phi) is 5.60. The van der Waals surface area contributed by atoms with Gasteiger partial charge in [-0.1, -0.05) is 11.6 Å². The summed E-state index contributed by atoms with van der Waals surface area (Å²) in [5.74, 6) is 0.641. The number of piperazine rings is 1. The molecule has 0 saturated carbocycles. The number of halogens is 1. The fraction of sp³-hybridized carbons (Fsp3) is 0.421. The van der Waals surface area contributed by atoms with Crippen LogP contribution in [0.15, 0.2) is 36.7 Å². The van der Waals surface area contributed by atoms with E-state index in [0.29, 0.717) is 56.3 Å². The molecule has 1 amide bonds. The van der Waals surface area contributed by atoms with Crippen LogP contribution in [-0.4, -0.2) is 67.7 Å². The Hall–Kier alpha value is -2.39. The maximum absolute atomic E-state index is 12.9. The molecule has 154 valence electrons. The number of hydrogen-bond acceptors (Lipinski definition) is 6. The highest BCUT2D eigenvalue weighted by Crippen LogP contribution is 2.29. The van der Waals surface area contributed by atoms with Crippen molar-refractivity contribution in [2.75, 3.05) is 47.7 Å². The van der Waals surface area contributed by atoms with Crippen LogP contribution in [0.1, 0.15) is 23.2 Å². The van der Waals surface area contributed by atoms with Crippen molar-refractivity contribution in [1.82, 2.24) is 14.9 Å². The van der Waals surface area contributed by atoms with Gasteiger partial charge in [-0.15, -0.1) is 0 Å². The molecule has 2 aliphatic heterocycles. The lowest BCUT2D eigenvalue weighted by atomic mass is 10.1. The quantitative estimate of drug-likeness (QED) is 0.733. The summed E-state index contributed by atoms with van der Waals surface area (Å²) in [5, 5.41) is 0.266. The van der Waals surface area contributed by atoms with Crippen LogP contribution in [0.25, 0.3) is 0 Å². The first kappa shape index (κ1) is 19.9. The van der Waals surface area contributed by atoms with E-state index >= 15 is 0 Å². The first-order valence-electron chi connectivity index (χ1n) is 9.57. The molecule has 0 spiro atoms. The minimum atomic E-state index is -3.32. The van der Waals surface area contributed by atoms with E-state index in [1.54, 1.807) is 41.6 Å². The summed E-state index contributed by atoms with van der Waals surface area (Å²) in [5.41, 5.74) is 0.895. The Morgan fingerprint density at radius 3 is 2.38 bits per heavy atom. The summed E-state index contributed by atoms with van der Waals surface area (Å²) in [7, 11) is -3.32. The fourth-order valence-corrected chi connectivity index (χ4v) is 5.53. The summed E-state index contributed by atoms with van der Waals surface area (Å²) >= 11 is 6.38. The summed E-state index contributed by atoms with van der Waals surface area (Å²) in [6.45, 7) is 2.79. The van der Waals surface area contributed by atoms with Crippen molar-refractivity contribution in [2.45, 2.75) is 12.8 Å². The van der Waals surface area contributed by atoms with Crippen molar-refractivity contribution in [3.63, 3.8) is 0 Å². The number of rotatable bonds is 3. The van der Waals surface area contributed by atoms with Crippen LogP contribution >= 0.6 is 11.6 Å². The maximum Gasteiger partial charge on any atom is 0.255 e. The topological polar surface area (TPSA) is 86.7 Å². The maximum atomic E-state index is 12.9. The largest absolute Gasteiger partial charge is 0.337 e. The molecule has 2 saturated heterocycles. The first-order chi connectivity index (χ1) is 14.0. The average molecular weight is 436 g/mol. The van der Waals surface area contributed by atoms with E-state index in [0.717, 1.165) is 6.42 Å². The van der Waals surface area contributed by atoms with Gasteiger partial charge in [0.25, 0.3) is 5.91 Å². The summed E-state index contributed by atoms with van der Waals surface area (Å²) in [6, 6.07) is 6.63. The average Bonchev–Trinajstić information content (AvgIpc) is 2.74. The van der Waals surface area contributed by atoms with Crippen molar-refractivity contribution in [2.24, 2.45) is 0 Å². The van der Waals surface area contributed by atoms with Crippen LogP contribution in [-0.2, 0) is 10.0 Å². The Balaban J connectivity index is 1.46. The molecule has 0 bridgehead atoms. The van der Waals surface area contributed by atoms with Gasteiger partial charge < -0.3 is 9.80 Å². The normalized spacial score (nSPS) is 19.3. The molecule has 3 heterocycles.